The minimum atomic E-state index is -0.428. The second-order valence-corrected chi connectivity index (χ2v) is 5.07. The molecule has 1 N–H and O–H groups in total. The molecule has 0 amide bonds. The predicted molar refractivity (Wildman–Crippen MR) is 83.0 cm³/mol. The Labute approximate surface area is 132 Å². The van der Waals surface area contributed by atoms with E-state index in [-0.39, 0.29) is 0 Å². The van der Waals surface area contributed by atoms with Crippen molar-refractivity contribution < 1.29 is 18.3 Å². The molecular formula is C17H16F2N2O2. The minimum Gasteiger partial charge on any atom is -0.493 e. The van der Waals surface area contributed by atoms with E-state index in [1.807, 2.05) is 6.92 Å². The predicted octanol–water partition coefficient (Wildman–Crippen LogP) is 3.84. The van der Waals surface area contributed by atoms with Gasteiger partial charge in [-0.1, -0.05) is 0 Å². The number of aromatic amines is 1. The molecule has 0 saturated heterocycles. The topological polar surface area (TPSA) is 47.1 Å². The van der Waals surface area contributed by atoms with Crippen LogP contribution in [0, 0.1) is 11.6 Å². The van der Waals surface area contributed by atoms with Crippen LogP contribution in [0.25, 0.3) is 11.0 Å². The molecule has 0 fully saturated rings. The maximum absolute atomic E-state index is 14.3. The fourth-order valence-electron chi connectivity index (χ4n) is 2.52. The number of nitrogens with zero attached hydrogens (tertiary/aromatic N) is 1. The molecule has 0 aliphatic carbocycles. The summed E-state index contributed by atoms with van der Waals surface area (Å²) in [6.07, 6.45) is 3.14. The molecule has 0 bridgehead atoms. The van der Waals surface area contributed by atoms with Crippen LogP contribution in [-0.2, 0) is 6.42 Å². The van der Waals surface area contributed by atoms with Crippen LogP contribution < -0.4 is 9.47 Å². The molecule has 0 atom stereocenters. The highest BCUT2D eigenvalue weighted by atomic mass is 19.1. The van der Waals surface area contributed by atoms with Gasteiger partial charge in [0.15, 0.2) is 11.5 Å². The largest absolute Gasteiger partial charge is 0.493 e. The number of hydrogen-bond acceptors (Lipinski definition) is 3. The Balaban J connectivity index is 1.99. The lowest BCUT2D eigenvalue weighted by atomic mass is 10.0. The lowest BCUT2D eigenvalue weighted by Crippen LogP contribution is -2.00. The van der Waals surface area contributed by atoms with Crippen molar-refractivity contribution >= 4 is 11.0 Å². The summed E-state index contributed by atoms with van der Waals surface area (Å²) in [5, 5.41) is 0.636. The Kier molecular flexibility index (Phi) is 4.14. The number of rotatable bonds is 5. The maximum atomic E-state index is 14.3. The van der Waals surface area contributed by atoms with Crippen LogP contribution in [0.15, 0.2) is 30.6 Å². The van der Waals surface area contributed by atoms with Crippen molar-refractivity contribution in [2.75, 3.05) is 13.7 Å². The molecule has 3 rings (SSSR count). The molecule has 23 heavy (non-hydrogen) atoms. The molecule has 0 radical (unpaired) electrons. The summed E-state index contributed by atoms with van der Waals surface area (Å²) in [6, 6.07) is 4.30. The van der Waals surface area contributed by atoms with Gasteiger partial charge in [0, 0.05) is 24.1 Å². The lowest BCUT2D eigenvalue weighted by molar-refractivity contribution is 0.308. The highest BCUT2D eigenvalue weighted by Crippen LogP contribution is 2.32. The summed E-state index contributed by atoms with van der Waals surface area (Å²) < 4.78 is 38.3. The minimum absolute atomic E-state index is 0.291. The summed E-state index contributed by atoms with van der Waals surface area (Å²) >= 11 is 0. The van der Waals surface area contributed by atoms with Crippen LogP contribution in [0.4, 0.5) is 8.78 Å². The van der Waals surface area contributed by atoms with Gasteiger partial charge in [0.2, 0.25) is 0 Å². The van der Waals surface area contributed by atoms with E-state index in [0.29, 0.717) is 41.1 Å². The summed E-state index contributed by atoms with van der Waals surface area (Å²) in [7, 11) is 1.50. The second-order valence-electron chi connectivity index (χ2n) is 5.07. The highest BCUT2D eigenvalue weighted by Gasteiger charge is 2.14. The molecule has 0 saturated carbocycles. The zero-order chi connectivity index (χ0) is 16.4. The van der Waals surface area contributed by atoms with Gasteiger partial charge >= 0.3 is 0 Å². The van der Waals surface area contributed by atoms with Crippen molar-refractivity contribution in [1.29, 1.82) is 0 Å². The third-order valence-corrected chi connectivity index (χ3v) is 3.60. The van der Waals surface area contributed by atoms with E-state index in [2.05, 4.69) is 9.97 Å². The van der Waals surface area contributed by atoms with Gasteiger partial charge in [-0.2, -0.15) is 0 Å². The first-order chi connectivity index (χ1) is 11.1. The van der Waals surface area contributed by atoms with Crippen molar-refractivity contribution in [3.05, 3.63) is 53.4 Å². The Hall–Kier alpha value is -2.63. The first kappa shape index (κ1) is 15.3. The van der Waals surface area contributed by atoms with E-state index >= 15 is 0 Å². The van der Waals surface area contributed by atoms with Crippen molar-refractivity contribution in [3.63, 3.8) is 0 Å². The highest BCUT2D eigenvalue weighted by molar-refractivity contribution is 5.80. The van der Waals surface area contributed by atoms with Gasteiger partial charge in [0.05, 0.1) is 19.9 Å². The number of benzene rings is 1. The maximum Gasteiger partial charge on any atom is 0.164 e. The Bertz CT molecular complexity index is 846. The summed E-state index contributed by atoms with van der Waals surface area (Å²) in [4.78, 5) is 6.93. The first-order valence-corrected chi connectivity index (χ1v) is 7.23. The van der Waals surface area contributed by atoms with Crippen LogP contribution in [-0.4, -0.2) is 23.7 Å². The SMILES string of the molecule is CCOc1cc(F)c(Cc2c[nH]c3ncc(F)cc23)cc1OC. The molecule has 0 aliphatic heterocycles. The molecule has 4 nitrogen and oxygen atoms in total. The average molecular weight is 318 g/mol. The quantitative estimate of drug-likeness (QED) is 0.777. The number of aromatic nitrogens is 2. The lowest BCUT2D eigenvalue weighted by Gasteiger charge is -2.12. The summed E-state index contributed by atoms with van der Waals surface area (Å²) in [5.41, 5.74) is 1.77. The van der Waals surface area contributed by atoms with Crippen molar-refractivity contribution in [2.24, 2.45) is 0 Å². The number of halogens is 2. The fraction of sp³-hybridized carbons (Fsp3) is 0.235. The van der Waals surface area contributed by atoms with Gasteiger partial charge in [0.25, 0.3) is 0 Å². The van der Waals surface area contributed by atoms with Gasteiger partial charge in [-0.25, -0.2) is 13.8 Å². The molecule has 0 unspecified atom stereocenters. The third kappa shape index (κ3) is 2.97. The number of fused-ring (bicyclic) bond motifs is 1. The van der Waals surface area contributed by atoms with E-state index in [1.165, 1.54) is 19.2 Å². The van der Waals surface area contributed by atoms with E-state index in [9.17, 15) is 8.78 Å². The number of nitrogens with one attached hydrogen (secondary N) is 1. The zero-order valence-corrected chi connectivity index (χ0v) is 12.8. The Morgan fingerprint density at radius 3 is 2.70 bits per heavy atom. The van der Waals surface area contributed by atoms with Crippen LogP contribution in [0.2, 0.25) is 0 Å². The van der Waals surface area contributed by atoms with E-state index < -0.39 is 11.6 Å². The molecule has 6 heteroatoms. The molecule has 120 valence electrons. The van der Waals surface area contributed by atoms with Crippen LogP contribution in [0.5, 0.6) is 11.5 Å². The molecule has 0 spiro atoms. The molecular weight excluding hydrogens is 302 g/mol. The normalized spacial score (nSPS) is 11.0. The van der Waals surface area contributed by atoms with Gasteiger partial charge in [-0.15, -0.1) is 0 Å². The molecule has 2 aromatic heterocycles. The summed E-state index contributed by atoms with van der Waals surface area (Å²) in [6.45, 7) is 2.24. The van der Waals surface area contributed by atoms with Crippen molar-refractivity contribution in [2.45, 2.75) is 13.3 Å². The van der Waals surface area contributed by atoms with Crippen molar-refractivity contribution in [1.82, 2.24) is 9.97 Å². The molecule has 2 heterocycles. The number of ether oxygens (including phenoxy) is 2. The second kappa shape index (κ2) is 6.24. The van der Waals surface area contributed by atoms with E-state index in [0.717, 1.165) is 11.8 Å². The standard InChI is InChI=1S/C17H16F2N2O2/c1-3-23-16-7-14(19)10(5-15(16)22-2)4-11-8-20-17-13(11)6-12(18)9-21-17/h5-9H,3-4H2,1-2H3,(H,20,21). The average Bonchev–Trinajstić information content (AvgIpc) is 2.92. The molecule has 3 aromatic rings. The van der Waals surface area contributed by atoms with Crippen LogP contribution in [0.1, 0.15) is 18.1 Å². The number of H-pyrrole nitrogens is 1. The smallest absolute Gasteiger partial charge is 0.164 e. The van der Waals surface area contributed by atoms with Gasteiger partial charge in [0.1, 0.15) is 17.3 Å². The Morgan fingerprint density at radius 2 is 1.96 bits per heavy atom. The molecule has 1 aromatic carbocycles. The number of methoxy groups -OCH3 is 1. The zero-order valence-electron chi connectivity index (χ0n) is 12.8. The van der Waals surface area contributed by atoms with E-state index in [4.69, 9.17) is 9.47 Å². The van der Waals surface area contributed by atoms with Crippen LogP contribution >= 0.6 is 0 Å². The van der Waals surface area contributed by atoms with Crippen molar-refractivity contribution in [3.8, 4) is 11.5 Å². The molecule has 0 aliphatic rings. The fourth-order valence-corrected chi connectivity index (χ4v) is 2.52. The monoisotopic (exact) mass is 318 g/mol. The van der Waals surface area contributed by atoms with Gasteiger partial charge in [-0.05, 0) is 30.2 Å². The first-order valence-electron chi connectivity index (χ1n) is 7.23. The van der Waals surface area contributed by atoms with E-state index in [1.54, 1.807) is 12.3 Å². The van der Waals surface area contributed by atoms with Crippen LogP contribution in [0.3, 0.4) is 0 Å². The third-order valence-electron chi connectivity index (χ3n) is 3.60. The number of hydrogen-bond donors (Lipinski definition) is 1. The number of pyridine rings is 1. The van der Waals surface area contributed by atoms with Gasteiger partial charge < -0.3 is 14.5 Å². The van der Waals surface area contributed by atoms with Gasteiger partial charge in [-0.3, -0.25) is 0 Å². The summed E-state index contributed by atoms with van der Waals surface area (Å²) in [5.74, 6) is 0.00587. The Morgan fingerprint density at radius 1 is 1.13 bits per heavy atom.